The molecule has 2 aromatic rings. The van der Waals surface area contributed by atoms with Crippen molar-refractivity contribution in [2.24, 2.45) is 0 Å². The molecule has 0 fully saturated rings. The van der Waals surface area contributed by atoms with E-state index in [0.717, 1.165) is 33.3 Å². The second-order valence-corrected chi connectivity index (χ2v) is 6.64. The second-order valence-electron chi connectivity index (χ2n) is 5.75. The molecule has 0 bridgehead atoms. The standard InChI is InChI=1S/C17H20N2O2S/c1-9(2)13-8-22-17(19-13)12-7-14(20)11-5-6-15(21-4)10(3)16(11)18-12/h5-9,12,18,20H,1-4H3. The topological polar surface area (TPSA) is 54.4 Å². The van der Waals surface area contributed by atoms with Gasteiger partial charge in [0.2, 0.25) is 0 Å². The third kappa shape index (κ3) is 2.46. The zero-order valence-corrected chi connectivity index (χ0v) is 14.0. The van der Waals surface area contributed by atoms with Crippen LogP contribution in [0, 0.1) is 6.92 Å². The molecule has 1 aromatic heterocycles. The van der Waals surface area contributed by atoms with Crippen molar-refractivity contribution in [2.45, 2.75) is 32.7 Å². The van der Waals surface area contributed by atoms with E-state index >= 15 is 0 Å². The lowest BCUT2D eigenvalue weighted by Gasteiger charge is -2.25. The third-order valence-electron chi connectivity index (χ3n) is 3.93. The normalized spacial score (nSPS) is 17.0. The van der Waals surface area contributed by atoms with Gasteiger partial charge in [0.1, 0.15) is 22.6 Å². The Balaban J connectivity index is 2.00. The summed E-state index contributed by atoms with van der Waals surface area (Å²) in [6.07, 6.45) is 1.82. The number of nitrogens with zero attached hydrogens (tertiary/aromatic N) is 1. The van der Waals surface area contributed by atoms with Gasteiger partial charge in [-0.25, -0.2) is 4.98 Å². The largest absolute Gasteiger partial charge is 0.507 e. The molecule has 4 nitrogen and oxygen atoms in total. The fourth-order valence-corrected chi connectivity index (χ4v) is 3.60. The molecular weight excluding hydrogens is 296 g/mol. The van der Waals surface area contributed by atoms with Gasteiger partial charge in [0.05, 0.1) is 18.5 Å². The number of aliphatic hydroxyl groups excluding tert-OH is 1. The Morgan fingerprint density at radius 3 is 2.77 bits per heavy atom. The summed E-state index contributed by atoms with van der Waals surface area (Å²) in [5, 5.41) is 16.9. The molecule has 0 amide bonds. The molecule has 2 N–H and O–H groups in total. The van der Waals surface area contributed by atoms with Crippen LogP contribution in [0.2, 0.25) is 0 Å². The Morgan fingerprint density at radius 1 is 1.36 bits per heavy atom. The fraction of sp³-hybridized carbons (Fsp3) is 0.353. The summed E-state index contributed by atoms with van der Waals surface area (Å²) in [5.41, 5.74) is 3.79. The van der Waals surface area contributed by atoms with Gasteiger partial charge in [0.25, 0.3) is 0 Å². The van der Waals surface area contributed by atoms with Gasteiger partial charge in [-0.1, -0.05) is 13.8 Å². The molecule has 0 spiro atoms. The van der Waals surface area contributed by atoms with Crippen LogP contribution in [-0.2, 0) is 0 Å². The Kier molecular flexibility index (Phi) is 3.83. The number of thiazole rings is 1. The van der Waals surface area contributed by atoms with Gasteiger partial charge in [-0.3, -0.25) is 0 Å². The van der Waals surface area contributed by atoms with Crippen LogP contribution in [-0.4, -0.2) is 17.2 Å². The molecule has 1 atom stereocenters. The Bertz CT molecular complexity index is 734. The summed E-state index contributed by atoms with van der Waals surface area (Å²) < 4.78 is 5.37. The van der Waals surface area contributed by atoms with Crippen LogP contribution in [0.15, 0.2) is 23.6 Å². The SMILES string of the molecule is COc1ccc2c(c1C)NC(c1nc(C(C)C)cs1)C=C2O. The maximum atomic E-state index is 10.4. The first kappa shape index (κ1) is 14.9. The zero-order valence-electron chi connectivity index (χ0n) is 13.2. The highest BCUT2D eigenvalue weighted by Gasteiger charge is 2.24. The summed E-state index contributed by atoms with van der Waals surface area (Å²) >= 11 is 1.62. The van der Waals surface area contributed by atoms with E-state index in [-0.39, 0.29) is 11.8 Å². The maximum Gasteiger partial charge on any atom is 0.123 e. The average molecular weight is 316 g/mol. The predicted molar refractivity (Wildman–Crippen MR) is 90.9 cm³/mol. The highest BCUT2D eigenvalue weighted by atomic mass is 32.1. The molecular formula is C17H20N2O2S. The van der Waals surface area contributed by atoms with Crippen molar-refractivity contribution in [3.8, 4) is 5.75 Å². The number of aromatic nitrogens is 1. The molecule has 1 aromatic carbocycles. The van der Waals surface area contributed by atoms with E-state index in [4.69, 9.17) is 4.74 Å². The summed E-state index contributed by atoms with van der Waals surface area (Å²) in [4.78, 5) is 4.68. The first-order valence-corrected chi connectivity index (χ1v) is 8.19. The Morgan fingerprint density at radius 2 is 2.14 bits per heavy atom. The lowest BCUT2D eigenvalue weighted by molar-refractivity contribution is 0.411. The minimum absolute atomic E-state index is 0.115. The van der Waals surface area contributed by atoms with Crippen LogP contribution in [0.4, 0.5) is 5.69 Å². The summed E-state index contributed by atoms with van der Waals surface area (Å²) in [6, 6.07) is 3.63. The Labute approximate surface area is 134 Å². The van der Waals surface area contributed by atoms with E-state index < -0.39 is 0 Å². The van der Waals surface area contributed by atoms with Gasteiger partial charge in [-0.15, -0.1) is 11.3 Å². The van der Waals surface area contributed by atoms with E-state index in [2.05, 4.69) is 29.5 Å². The molecule has 0 saturated carbocycles. The quantitative estimate of drug-likeness (QED) is 0.865. The van der Waals surface area contributed by atoms with Crippen LogP contribution < -0.4 is 10.1 Å². The molecule has 0 radical (unpaired) electrons. The van der Waals surface area contributed by atoms with Crippen LogP contribution in [0.25, 0.3) is 5.76 Å². The lowest BCUT2D eigenvalue weighted by Crippen LogP contribution is -2.16. The average Bonchev–Trinajstić information content (AvgIpc) is 2.98. The zero-order chi connectivity index (χ0) is 15.9. The van der Waals surface area contributed by atoms with E-state index in [0.29, 0.717) is 5.92 Å². The number of aliphatic hydroxyl groups is 1. The van der Waals surface area contributed by atoms with Crippen LogP contribution >= 0.6 is 11.3 Å². The van der Waals surface area contributed by atoms with Crippen LogP contribution in [0.1, 0.15) is 47.6 Å². The first-order valence-electron chi connectivity index (χ1n) is 7.32. The molecule has 2 heterocycles. The number of fused-ring (bicyclic) bond motifs is 1. The number of rotatable bonds is 3. The molecule has 116 valence electrons. The van der Waals surface area contributed by atoms with Crippen LogP contribution in [0.3, 0.4) is 0 Å². The van der Waals surface area contributed by atoms with Gasteiger partial charge in [-0.05, 0) is 31.1 Å². The number of hydrogen-bond donors (Lipinski definition) is 2. The number of hydrogen-bond acceptors (Lipinski definition) is 5. The third-order valence-corrected chi connectivity index (χ3v) is 4.88. The Hall–Kier alpha value is -2.01. The van der Waals surface area contributed by atoms with Crippen molar-refractivity contribution in [3.63, 3.8) is 0 Å². The van der Waals surface area contributed by atoms with Crippen molar-refractivity contribution in [2.75, 3.05) is 12.4 Å². The molecule has 0 aliphatic carbocycles. The number of ether oxygens (including phenoxy) is 1. The minimum Gasteiger partial charge on any atom is -0.507 e. The molecule has 1 aliphatic heterocycles. The van der Waals surface area contributed by atoms with Crippen molar-refractivity contribution in [1.82, 2.24) is 4.98 Å². The van der Waals surface area contributed by atoms with E-state index in [1.807, 2.05) is 25.1 Å². The van der Waals surface area contributed by atoms with Gasteiger partial charge in [0, 0.05) is 16.5 Å². The molecule has 1 unspecified atom stereocenters. The van der Waals surface area contributed by atoms with Gasteiger partial charge in [0.15, 0.2) is 0 Å². The highest BCUT2D eigenvalue weighted by molar-refractivity contribution is 7.09. The van der Waals surface area contributed by atoms with E-state index in [1.165, 1.54) is 0 Å². The fourth-order valence-electron chi connectivity index (χ4n) is 2.60. The van der Waals surface area contributed by atoms with Gasteiger partial charge >= 0.3 is 0 Å². The molecule has 5 heteroatoms. The van der Waals surface area contributed by atoms with Crippen molar-refractivity contribution in [1.29, 1.82) is 0 Å². The predicted octanol–water partition coefficient (Wildman–Crippen LogP) is 4.65. The maximum absolute atomic E-state index is 10.4. The number of nitrogens with one attached hydrogen (secondary N) is 1. The van der Waals surface area contributed by atoms with E-state index in [9.17, 15) is 5.11 Å². The number of methoxy groups -OCH3 is 1. The van der Waals surface area contributed by atoms with Crippen molar-refractivity contribution >= 4 is 22.8 Å². The summed E-state index contributed by atoms with van der Waals surface area (Å²) in [5.74, 6) is 1.49. The monoisotopic (exact) mass is 316 g/mol. The summed E-state index contributed by atoms with van der Waals surface area (Å²) in [7, 11) is 1.65. The second kappa shape index (κ2) is 5.65. The van der Waals surface area contributed by atoms with Gasteiger partial charge < -0.3 is 15.2 Å². The van der Waals surface area contributed by atoms with Gasteiger partial charge in [-0.2, -0.15) is 0 Å². The highest BCUT2D eigenvalue weighted by Crippen LogP contribution is 2.40. The van der Waals surface area contributed by atoms with Crippen molar-refractivity contribution in [3.05, 3.63) is 45.4 Å². The molecule has 22 heavy (non-hydrogen) atoms. The summed E-state index contributed by atoms with van der Waals surface area (Å²) in [6.45, 7) is 6.25. The molecule has 0 saturated heterocycles. The van der Waals surface area contributed by atoms with E-state index in [1.54, 1.807) is 18.4 Å². The molecule has 3 rings (SSSR count). The first-order chi connectivity index (χ1) is 10.5. The molecule has 1 aliphatic rings. The number of anilines is 1. The van der Waals surface area contributed by atoms with Crippen molar-refractivity contribution < 1.29 is 9.84 Å². The smallest absolute Gasteiger partial charge is 0.123 e. The lowest BCUT2D eigenvalue weighted by atomic mass is 9.99. The number of benzene rings is 1. The van der Waals surface area contributed by atoms with Crippen LogP contribution in [0.5, 0.6) is 5.75 Å². The minimum atomic E-state index is -0.115.